The zero-order valence-electron chi connectivity index (χ0n) is 39.0. The van der Waals surface area contributed by atoms with Gasteiger partial charge in [0.15, 0.2) is 11.7 Å². The first kappa shape index (κ1) is 42.4. The lowest BCUT2D eigenvalue weighted by molar-refractivity contribution is 0.773. The number of aliphatic imine (C=N–C) groups is 3. The van der Waals surface area contributed by atoms with Crippen LogP contribution in [0.25, 0.3) is 83.5 Å². The Hall–Kier alpha value is -8.93. The van der Waals surface area contributed by atoms with Crippen molar-refractivity contribution in [3.05, 3.63) is 258 Å². The van der Waals surface area contributed by atoms with Gasteiger partial charge in [0.05, 0.1) is 23.1 Å². The number of para-hydroxylation sites is 2. The third kappa shape index (κ3) is 7.87. The molecule has 334 valence electrons. The summed E-state index contributed by atoms with van der Waals surface area (Å²) in [6.45, 7) is 6.71. The van der Waals surface area contributed by atoms with E-state index >= 15 is 0 Å². The lowest BCUT2D eigenvalue weighted by Crippen LogP contribution is -2.05. The Morgan fingerprint density at radius 2 is 1.03 bits per heavy atom. The summed E-state index contributed by atoms with van der Waals surface area (Å²) in [7, 11) is 0. The molecule has 0 radical (unpaired) electrons. The number of benzene rings is 9. The van der Waals surface area contributed by atoms with E-state index < -0.39 is 0 Å². The number of nitrogens with zero attached hydrogens (tertiary/aromatic N) is 5. The summed E-state index contributed by atoms with van der Waals surface area (Å²) < 4.78 is 4.86. The maximum absolute atomic E-state index is 5.17. The molecule has 0 fully saturated rings. The van der Waals surface area contributed by atoms with Crippen LogP contribution in [0.2, 0.25) is 0 Å². The molecule has 0 spiro atoms. The molecule has 12 rings (SSSR count). The highest BCUT2D eigenvalue weighted by Gasteiger charge is 2.24. The number of hydrogen-bond acceptors (Lipinski definition) is 1. The molecule has 5 heteroatoms. The predicted molar refractivity (Wildman–Crippen MR) is 295 cm³/mol. The molecule has 11 aromatic rings. The van der Waals surface area contributed by atoms with Crippen LogP contribution in [0.3, 0.4) is 0 Å². The third-order valence-electron chi connectivity index (χ3n) is 13.7. The highest BCUT2D eigenvalue weighted by atomic mass is 15.0. The van der Waals surface area contributed by atoms with E-state index in [1.165, 1.54) is 60.9 Å². The second kappa shape index (κ2) is 18.3. The molecule has 0 N–H and O–H groups in total. The van der Waals surface area contributed by atoms with Crippen LogP contribution in [0.4, 0.5) is 0 Å². The molecule has 1 aliphatic rings. The van der Waals surface area contributed by atoms with Gasteiger partial charge < -0.3 is 9.13 Å². The molecule has 0 bridgehead atoms. The SMILES string of the molecule is C=N/C(=N\C(=N/Cc1ccc(-c2ccccc2)cc1)c1cccc(-c2ccc3c4ccccc4n(-c4cccc(-c5ccc6c7c(n(-c8ccccc8)c6c5)C=CCC7C)c4)c3c2)c1)c1ccccc1. The second-order valence-electron chi connectivity index (χ2n) is 18.1. The van der Waals surface area contributed by atoms with Crippen molar-refractivity contribution < 1.29 is 0 Å². The highest BCUT2D eigenvalue weighted by Crippen LogP contribution is 2.42. The van der Waals surface area contributed by atoms with Crippen LogP contribution in [0.1, 0.15) is 47.2 Å². The lowest BCUT2D eigenvalue weighted by atomic mass is 9.90. The molecular formula is C65H49N5. The lowest BCUT2D eigenvalue weighted by Gasteiger charge is -2.16. The average Bonchev–Trinajstić information content (AvgIpc) is 3.95. The van der Waals surface area contributed by atoms with Crippen LogP contribution >= 0.6 is 0 Å². The molecule has 70 heavy (non-hydrogen) atoms. The molecule has 0 saturated heterocycles. The molecule has 0 amide bonds. The van der Waals surface area contributed by atoms with E-state index in [4.69, 9.17) is 9.98 Å². The van der Waals surface area contributed by atoms with Crippen LogP contribution in [-0.2, 0) is 6.54 Å². The van der Waals surface area contributed by atoms with E-state index in [0.717, 1.165) is 51.0 Å². The minimum Gasteiger partial charge on any atom is -0.310 e. The zero-order chi connectivity index (χ0) is 47.0. The first-order valence-corrected chi connectivity index (χ1v) is 24.0. The number of aromatic nitrogens is 2. The van der Waals surface area contributed by atoms with Crippen molar-refractivity contribution in [2.24, 2.45) is 15.0 Å². The van der Waals surface area contributed by atoms with Gasteiger partial charge in [0, 0.05) is 44.4 Å². The van der Waals surface area contributed by atoms with Gasteiger partial charge in [-0.1, -0.05) is 189 Å². The third-order valence-corrected chi connectivity index (χ3v) is 13.7. The quantitative estimate of drug-likeness (QED) is 0.102. The number of hydrogen-bond donors (Lipinski definition) is 0. The van der Waals surface area contributed by atoms with Gasteiger partial charge in [-0.05, 0) is 118 Å². The molecule has 2 heterocycles. The molecule has 5 nitrogen and oxygen atoms in total. The van der Waals surface area contributed by atoms with Gasteiger partial charge in [-0.15, -0.1) is 0 Å². The predicted octanol–water partition coefficient (Wildman–Crippen LogP) is 16.3. The van der Waals surface area contributed by atoms with E-state index in [1.807, 2.05) is 36.4 Å². The van der Waals surface area contributed by atoms with Gasteiger partial charge in [0.1, 0.15) is 0 Å². The summed E-state index contributed by atoms with van der Waals surface area (Å²) in [5.41, 5.74) is 18.3. The Kier molecular flexibility index (Phi) is 11.1. The molecule has 1 atom stereocenters. The fourth-order valence-electron chi connectivity index (χ4n) is 10.3. The maximum atomic E-state index is 5.17. The van der Waals surface area contributed by atoms with E-state index in [9.17, 15) is 0 Å². The summed E-state index contributed by atoms with van der Waals surface area (Å²) in [4.78, 5) is 14.7. The molecule has 0 aliphatic heterocycles. The largest absolute Gasteiger partial charge is 0.310 e. The fraction of sp³-hybridized carbons (Fsp3) is 0.0615. The smallest absolute Gasteiger partial charge is 0.161 e. The Labute approximate surface area is 408 Å². The van der Waals surface area contributed by atoms with Gasteiger partial charge in [-0.2, -0.15) is 0 Å². The number of fused-ring (bicyclic) bond motifs is 6. The monoisotopic (exact) mass is 899 g/mol. The standard InChI is InChI=1S/C65H49N5/c1-44-17-14-30-60-63(44)58-38-36-52(42-62(58)69(60)54-25-10-5-11-26-54)50-23-16-27-55(40-50)70-59-29-13-12-28-56(59)57-37-35-51(41-61(57)70)49-22-15-24-53(39-49)65(68-64(66-2)48-20-8-4-9-21-48)67-43-45-31-33-47(34-32-45)46-18-6-3-7-19-46/h3-16,18-42,44H,2,17,43H2,1H3/b67-65-,68-64-. The van der Waals surface area contributed by atoms with E-state index in [-0.39, 0.29) is 0 Å². The first-order valence-electron chi connectivity index (χ1n) is 24.0. The normalized spacial score (nSPS) is 13.8. The van der Waals surface area contributed by atoms with Crippen LogP contribution in [0, 0.1) is 0 Å². The second-order valence-corrected chi connectivity index (χ2v) is 18.1. The van der Waals surface area contributed by atoms with Gasteiger partial charge in [-0.25, -0.2) is 9.98 Å². The molecule has 0 saturated carbocycles. The van der Waals surface area contributed by atoms with Gasteiger partial charge in [-0.3, -0.25) is 4.99 Å². The van der Waals surface area contributed by atoms with Crippen LogP contribution in [-0.4, -0.2) is 27.5 Å². The van der Waals surface area contributed by atoms with Crippen molar-refractivity contribution in [2.75, 3.05) is 0 Å². The Bertz CT molecular complexity index is 3840. The van der Waals surface area contributed by atoms with Crippen molar-refractivity contribution in [3.8, 4) is 44.8 Å². The fourth-order valence-corrected chi connectivity index (χ4v) is 10.3. The van der Waals surface area contributed by atoms with Crippen LogP contribution in [0.15, 0.2) is 246 Å². The topological polar surface area (TPSA) is 46.9 Å². The Morgan fingerprint density at radius 3 is 1.79 bits per heavy atom. The summed E-state index contributed by atoms with van der Waals surface area (Å²) in [6.07, 6.45) is 5.68. The summed E-state index contributed by atoms with van der Waals surface area (Å²) in [5.74, 6) is 1.56. The van der Waals surface area contributed by atoms with Crippen molar-refractivity contribution in [2.45, 2.75) is 25.8 Å². The van der Waals surface area contributed by atoms with E-state index in [2.05, 4.69) is 228 Å². The summed E-state index contributed by atoms with van der Waals surface area (Å²) in [6, 6.07) is 79.9. The number of amidine groups is 2. The Balaban J connectivity index is 0.940. The summed E-state index contributed by atoms with van der Waals surface area (Å²) >= 11 is 0. The molecule has 9 aromatic carbocycles. The van der Waals surface area contributed by atoms with Crippen LogP contribution < -0.4 is 0 Å². The first-order chi connectivity index (χ1) is 34.6. The Morgan fingerprint density at radius 1 is 0.471 bits per heavy atom. The minimum atomic E-state index is 0.448. The maximum Gasteiger partial charge on any atom is 0.161 e. The molecule has 1 unspecified atom stereocenters. The van der Waals surface area contributed by atoms with E-state index in [1.54, 1.807) is 0 Å². The average molecular weight is 900 g/mol. The molecule has 2 aromatic heterocycles. The molecule has 1 aliphatic carbocycles. The number of allylic oxidation sites excluding steroid dienone is 1. The van der Waals surface area contributed by atoms with Crippen molar-refractivity contribution in [1.29, 1.82) is 0 Å². The van der Waals surface area contributed by atoms with Crippen molar-refractivity contribution in [3.63, 3.8) is 0 Å². The molecular weight excluding hydrogens is 851 g/mol. The minimum absolute atomic E-state index is 0.448. The van der Waals surface area contributed by atoms with Gasteiger partial charge in [0.2, 0.25) is 0 Å². The van der Waals surface area contributed by atoms with Gasteiger partial charge >= 0.3 is 0 Å². The summed E-state index contributed by atoms with van der Waals surface area (Å²) in [5, 5.41) is 3.73. The highest BCUT2D eigenvalue weighted by molar-refractivity contribution is 6.13. The van der Waals surface area contributed by atoms with Crippen molar-refractivity contribution >= 4 is 57.2 Å². The van der Waals surface area contributed by atoms with Crippen LogP contribution in [0.5, 0.6) is 0 Å². The number of rotatable bonds is 9. The zero-order valence-corrected chi connectivity index (χ0v) is 39.0. The van der Waals surface area contributed by atoms with E-state index in [0.29, 0.717) is 24.1 Å². The van der Waals surface area contributed by atoms with Gasteiger partial charge in [0.25, 0.3) is 0 Å². The van der Waals surface area contributed by atoms with Crippen molar-refractivity contribution in [1.82, 2.24) is 9.13 Å².